The van der Waals surface area contributed by atoms with Crippen LogP contribution in [0.4, 0.5) is 0 Å². The average molecular weight is 236 g/mol. The van der Waals surface area contributed by atoms with Crippen LogP contribution >= 0.6 is 0 Å². The summed E-state index contributed by atoms with van der Waals surface area (Å²) < 4.78 is 0. The fourth-order valence-corrected chi connectivity index (χ4v) is 3.72. The minimum atomic E-state index is -0.0212. The second kappa shape index (κ2) is 4.09. The number of imide groups is 1. The van der Waals surface area contributed by atoms with Crippen molar-refractivity contribution in [1.29, 1.82) is 0 Å². The van der Waals surface area contributed by atoms with Crippen molar-refractivity contribution < 1.29 is 9.59 Å². The van der Waals surface area contributed by atoms with Gasteiger partial charge in [-0.05, 0) is 32.1 Å². The van der Waals surface area contributed by atoms with Crippen LogP contribution in [-0.2, 0) is 9.59 Å². The Morgan fingerprint density at radius 1 is 0.941 bits per heavy atom. The summed E-state index contributed by atoms with van der Waals surface area (Å²) in [4.78, 5) is 26.1. The third-order valence-corrected chi connectivity index (χ3v) is 4.72. The molecule has 0 radical (unpaired) electrons. The van der Waals surface area contributed by atoms with Gasteiger partial charge in [-0.1, -0.05) is 12.8 Å². The number of hydrogen-bond donors (Lipinski definition) is 1. The Kier molecular flexibility index (Phi) is 2.69. The van der Waals surface area contributed by atoms with Crippen molar-refractivity contribution in [2.24, 2.45) is 17.6 Å². The number of amides is 2. The van der Waals surface area contributed by atoms with Crippen molar-refractivity contribution >= 4 is 11.8 Å². The van der Waals surface area contributed by atoms with Gasteiger partial charge in [0.1, 0.15) is 0 Å². The predicted octanol–water partition coefficient (Wildman–Crippen LogP) is 1.04. The van der Waals surface area contributed by atoms with Crippen molar-refractivity contribution in [1.82, 2.24) is 4.90 Å². The molecule has 0 aromatic heterocycles. The van der Waals surface area contributed by atoms with Gasteiger partial charge in [-0.25, -0.2) is 0 Å². The highest BCUT2D eigenvalue weighted by atomic mass is 16.2. The molecule has 0 aromatic rings. The van der Waals surface area contributed by atoms with Crippen LogP contribution < -0.4 is 5.73 Å². The molecule has 2 bridgehead atoms. The molecule has 1 heterocycles. The zero-order valence-corrected chi connectivity index (χ0v) is 10.1. The molecular weight excluding hydrogens is 216 g/mol. The minimum Gasteiger partial charge on any atom is -0.326 e. The molecule has 4 nitrogen and oxygen atoms in total. The number of carbonyl (C=O) groups excluding carboxylic acids is 2. The zero-order chi connectivity index (χ0) is 12.0. The van der Waals surface area contributed by atoms with Crippen molar-refractivity contribution in [2.75, 3.05) is 0 Å². The predicted molar refractivity (Wildman–Crippen MR) is 62.9 cm³/mol. The van der Waals surface area contributed by atoms with E-state index in [0.29, 0.717) is 0 Å². The zero-order valence-electron chi connectivity index (χ0n) is 10.1. The van der Waals surface area contributed by atoms with Crippen LogP contribution in [0.3, 0.4) is 0 Å². The van der Waals surface area contributed by atoms with Crippen LogP contribution in [0.25, 0.3) is 0 Å². The van der Waals surface area contributed by atoms with Gasteiger partial charge in [-0.2, -0.15) is 0 Å². The lowest BCUT2D eigenvalue weighted by atomic mass is 9.86. The van der Waals surface area contributed by atoms with Crippen LogP contribution in [-0.4, -0.2) is 28.8 Å². The van der Waals surface area contributed by atoms with Gasteiger partial charge in [-0.15, -0.1) is 0 Å². The van der Waals surface area contributed by atoms with Crippen molar-refractivity contribution in [2.45, 2.75) is 57.0 Å². The largest absolute Gasteiger partial charge is 0.326 e. The maximum atomic E-state index is 12.3. The SMILES string of the molecule is N[C@@H]1CCCC[C@H]1N1C(=O)C2CCC(C2)C1=O. The van der Waals surface area contributed by atoms with Crippen LogP contribution in [0.1, 0.15) is 44.9 Å². The molecule has 2 N–H and O–H groups in total. The van der Waals surface area contributed by atoms with Gasteiger partial charge in [-0.3, -0.25) is 14.5 Å². The van der Waals surface area contributed by atoms with E-state index in [1.165, 1.54) is 0 Å². The number of nitrogens with zero attached hydrogens (tertiary/aromatic N) is 1. The van der Waals surface area contributed by atoms with Gasteiger partial charge in [0.15, 0.2) is 0 Å². The van der Waals surface area contributed by atoms with Crippen LogP contribution in [0, 0.1) is 11.8 Å². The highest BCUT2D eigenvalue weighted by molar-refractivity contribution is 6.01. The van der Waals surface area contributed by atoms with E-state index in [1.54, 1.807) is 4.90 Å². The lowest BCUT2D eigenvalue weighted by Gasteiger charge is -2.40. The Morgan fingerprint density at radius 2 is 1.53 bits per heavy atom. The Hall–Kier alpha value is -0.900. The normalized spacial score (nSPS) is 42.1. The fraction of sp³-hybridized carbons (Fsp3) is 0.846. The van der Waals surface area contributed by atoms with Gasteiger partial charge in [0.25, 0.3) is 0 Å². The number of carbonyl (C=O) groups is 2. The molecule has 3 fully saturated rings. The Bertz CT molecular complexity index is 333. The molecule has 0 aromatic carbocycles. The molecule has 4 atom stereocenters. The van der Waals surface area contributed by atoms with E-state index in [2.05, 4.69) is 0 Å². The summed E-state index contributed by atoms with van der Waals surface area (Å²) in [6.45, 7) is 0. The highest BCUT2D eigenvalue weighted by Crippen LogP contribution is 2.40. The summed E-state index contributed by atoms with van der Waals surface area (Å²) >= 11 is 0. The second-order valence-corrected chi connectivity index (χ2v) is 5.77. The molecule has 17 heavy (non-hydrogen) atoms. The Balaban J connectivity index is 1.85. The second-order valence-electron chi connectivity index (χ2n) is 5.77. The summed E-state index contributed by atoms with van der Waals surface area (Å²) in [5.74, 6) is 0.329. The Labute approximate surface area is 102 Å². The van der Waals surface area contributed by atoms with Gasteiger partial charge >= 0.3 is 0 Å². The summed E-state index contributed by atoms with van der Waals surface area (Å²) in [5, 5.41) is 0. The molecule has 2 unspecified atom stereocenters. The molecule has 2 amide bonds. The summed E-state index contributed by atoms with van der Waals surface area (Å²) in [7, 11) is 0. The van der Waals surface area contributed by atoms with E-state index in [0.717, 1.165) is 44.9 Å². The van der Waals surface area contributed by atoms with Crippen LogP contribution in [0.5, 0.6) is 0 Å². The molecule has 2 aliphatic carbocycles. The first kappa shape index (κ1) is 11.2. The standard InChI is InChI=1S/C13H20N2O2/c14-10-3-1-2-4-11(10)15-12(16)8-5-6-9(7-8)13(15)17/h8-11H,1-7,14H2/t8?,9?,10-,11-/m1/s1. The molecule has 3 rings (SSSR count). The van der Waals surface area contributed by atoms with Crippen LogP contribution in [0.15, 0.2) is 0 Å². The number of hydrogen-bond acceptors (Lipinski definition) is 3. The topological polar surface area (TPSA) is 63.4 Å². The van der Waals surface area contributed by atoms with Gasteiger partial charge < -0.3 is 5.73 Å². The van der Waals surface area contributed by atoms with Crippen molar-refractivity contribution in [3.8, 4) is 0 Å². The van der Waals surface area contributed by atoms with E-state index in [1.807, 2.05) is 0 Å². The number of nitrogens with two attached hydrogens (primary N) is 1. The molecule has 1 aliphatic heterocycles. The van der Waals surface area contributed by atoms with Crippen LogP contribution in [0.2, 0.25) is 0 Å². The van der Waals surface area contributed by atoms with Crippen molar-refractivity contribution in [3.05, 3.63) is 0 Å². The molecule has 3 aliphatic rings. The van der Waals surface area contributed by atoms with E-state index in [-0.39, 0.29) is 35.7 Å². The first-order valence-electron chi connectivity index (χ1n) is 6.81. The van der Waals surface area contributed by atoms with Gasteiger partial charge in [0.2, 0.25) is 11.8 Å². The minimum absolute atomic E-state index is 0.00542. The van der Waals surface area contributed by atoms with E-state index in [9.17, 15) is 9.59 Å². The fourth-order valence-electron chi connectivity index (χ4n) is 3.72. The van der Waals surface area contributed by atoms with Gasteiger partial charge in [0, 0.05) is 17.9 Å². The summed E-state index contributed by atoms with van der Waals surface area (Å²) in [6.07, 6.45) is 6.64. The summed E-state index contributed by atoms with van der Waals surface area (Å²) in [6, 6.07) is -0.0266. The molecule has 2 saturated carbocycles. The van der Waals surface area contributed by atoms with E-state index < -0.39 is 0 Å². The van der Waals surface area contributed by atoms with E-state index in [4.69, 9.17) is 5.73 Å². The smallest absolute Gasteiger partial charge is 0.232 e. The number of likely N-dealkylation sites (tertiary alicyclic amines) is 1. The quantitative estimate of drug-likeness (QED) is 0.692. The maximum Gasteiger partial charge on any atom is 0.232 e. The first-order valence-corrected chi connectivity index (χ1v) is 6.81. The average Bonchev–Trinajstić information content (AvgIpc) is 2.76. The Morgan fingerprint density at radius 3 is 2.12 bits per heavy atom. The molecule has 1 saturated heterocycles. The lowest BCUT2D eigenvalue weighted by Crippen LogP contribution is -2.58. The first-order chi connectivity index (χ1) is 8.18. The number of piperidine rings is 1. The summed E-state index contributed by atoms with van der Waals surface area (Å²) in [5.41, 5.74) is 6.10. The molecule has 94 valence electrons. The third-order valence-electron chi connectivity index (χ3n) is 4.72. The highest BCUT2D eigenvalue weighted by Gasteiger charge is 2.48. The maximum absolute atomic E-state index is 12.3. The number of fused-ring (bicyclic) bond motifs is 2. The third kappa shape index (κ3) is 1.69. The number of rotatable bonds is 1. The van der Waals surface area contributed by atoms with E-state index >= 15 is 0 Å². The van der Waals surface area contributed by atoms with Gasteiger partial charge in [0.05, 0.1) is 6.04 Å². The molecule has 0 spiro atoms. The lowest BCUT2D eigenvalue weighted by molar-refractivity contribution is -0.157. The van der Waals surface area contributed by atoms with Crippen molar-refractivity contribution in [3.63, 3.8) is 0 Å². The monoisotopic (exact) mass is 236 g/mol. The molecular formula is C13H20N2O2. The molecule has 4 heteroatoms.